The molecule has 0 fully saturated rings. The van der Waals surface area contributed by atoms with Gasteiger partial charge >= 0.3 is 0 Å². The number of sulfone groups is 1. The van der Waals surface area contributed by atoms with Gasteiger partial charge in [-0.2, -0.15) is 5.10 Å². The topological polar surface area (TPSA) is 92.7 Å². The molecule has 0 atom stereocenters. The SMILES string of the molecule is C/C(=N\NC(=O)CS(=O)(=O)c1ccccc1)C(=O)c1ccccc1. The van der Waals surface area contributed by atoms with E-state index >= 15 is 0 Å². The molecule has 0 aliphatic carbocycles. The van der Waals surface area contributed by atoms with E-state index in [1.807, 2.05) is 0 Å². The highest BCUT2D eigenvalue weighted by Gasteiger charge is 2.19. The van der Waals surface area contributed by atoms with Crippen LogP contribution in [-0.4, -0.2) is 31.6 Å². The lowest BCUT2D eigenvalue weighted by Gasteiger charge is -2.04. The quantitative estimate of drug-likeness (QED) is 0.491. The van der Waals surface area contributed by atoms with Crippen LogP contribution in [0.4, 0.5) is 0 Å². The van der Waals surface area contributed by atoms with E-state index in [-0.39, 0.29) is 16.4 Å². The molecule has 0 saturated carbocycles. The maximum Gasteiger partial charge on any atom is 0.255 e. The zero-order chi connectivity index (χ0) is 17.6. The highest BCUT2D eigenvalue weighted by Crippen LogP contribution is 2.09. The van der Waals surface area contributed by atoms with Crippen LogP contribution in [-0.2, 0) is 14.6 Å². The Balaban J connectivity index is 2.01. The molecular weight excluding hydrogens is 328 g/mol. The molecule has 24 heavy (non-hydrogen) atoms. The third kappa shape index (κ3) is 4.60. The van der Waals surface area contributed by atoms with Gasteiger partial charge in [0.2, 0.25) is 5.78 Å². The van der Waals surface area contributed by atoms with Crippen molar-refractivity contribution in [3.8, 4) is 0 Å². The molecule has 0 heterocycles. The van der Waals surface area contributed by atoms with E-state index in [9.17, 15) is 18.0 Å². The number of carbonyl (C=O) groups excluding carboxylic acids is 2. The highest BCUT2D eigenvalue weighted by molar-refractivity contribution is 7.92. The number of benzene rings is 2. The second kappa shape index (κ2) is 7.65. The molecule has 0 aromatic heterocycles. The summed E-state index contributed by atoms with van der Waals surface area (Å²) in [5.74, 6) is -1.89. The summed E-state index contributed by atoms with van der Waals surface area (Å²) < 4.78 is 24.1. The number of carbonyl (C=O) groups is 2. The Hall–Kier alpha value is -2.80. The van der Waals surface area contributed by atoms with Crippen LogP contribution in [0.3, 0.4) is 0 Å². The first-order valence-electron chi connectivity index (χ1n) is 7.11. The molecule has 1 amide bonds. The van der Waals surface area contributed by atoms with Crippen molar-refractivity contribution in [1.82, 2.24) is 5.43 Å². The number of nitrogens with one attached hydrogen (secondary N) is 1. The van der Waals surface area contributed by atoms with Crippen LogP contribution < -0.4 is 5.43 Å². The van der Waals surface area contributed by atoms with Crippen LogP contribution in [0.25, 0.3) is 0 Å². The van der Waals surface area contributed by atoms with Gasteiger partial charge in [-0.1, -0.05) is 48.5 Å². The first kappa shape index (κ1) is 17.6. The molecule has 2 rings (SSSR count). The van der Waals surface area contributed by atoms with E-state index in [0.29, 0.717) is 5.56 Å². The molecule has 0 saturated heterocycles. The number of rotatable bonds is 6. The monoisotopic (exact) mass is 344 g/mol. The minimum atomic E-state index is -3.75. The van der Waals surface area contributed by atoms with Crippen molar-refractivity contribution < 1.29 is 18.0 Å². The molecule has 0 aliphatic heterocycles. The number of amides is 1. The minimum absolute atomic E-state index is 0.0567. The summed E-state index contributed by atoms with van der Waals surface area (Å²) >= 11 is 0. The van der Waals surface area contributed by atoms with Gasteiger partial charge in [-0.15, -0.1) is 0 Å². The van der Waals surface area contributed by atoms with Crippen molar-refractivity contribution in [2.45, 2.75) is 11.8 Å². The number of hydrogen-bond acceptors (Lipinski definition) is 5. The van der Waals surface area contributed by atoms with Gasteiger partial charge in [0.1, 0.15) is 11.5 Å². The number of hydrogen-bond donors (Lipinski definition) is 1. The predicted molar refractivity (Wildman–Crippen MR) is 90.5 cm³/mol. The second-order valence-electron chi connectivity index (χ2n) is 5.00. The maximum atomic E-state index is 12.1. The van der Waals surface area contributed by atoms with Crippen LogP contribution in [0.1, 0.15) is 17.3 Å². The van der Waals surface area contributed by atoms with Gasteiger partial charge in [0.25, 0.3) is 5.91 Å². The Morgan fingerprint density at radius 1 is 0.958 bits per heavy atom. The van der Waals surface area contributed by atoms with Crippen molar-refractivity contribution >= 4 is 27.2 Å². The molecule has 2 aromatic carbocycles. The zero-order valence-electron chi connectivity index (χ0n) is 13.0. The highest BCUT2D eigenvalue weighted by atomic mass is 32.2. The number of nitrogens with zero attached hydrogens (tertiary/aromatic N) is 1. The van der Waals surface area contributed by atoms with Gasteiger partial charge in [0.05, 0.1) is 4.90 Å². The fourth-order valence-corrected chi connectivity index (χ4v) is 3.06. The third-order valence-corrected chi connectivity index (χ3v) is 4.77. The summed E-state index contributed by atoms with van der Waals surface area (Å²) in [5.41, 5.74) is 2.60. The van der Waals surface area contributed by atoms with Crippen LogP contribution in [0, 0.1) is 0 Å². The fourth-order valence-electron chi connectivity index (χ4n) is 1.91. The average molecular weight is 344 g/mol. The lowest BCUT2D eigenvalue weighted by atomic mass is 10.1. The predicted octanol–water partition coefficient (Wildman–Crippen LogP) is 1.84. The second-order valence-corrected chi connectivity index (χ2v) is 6.99. The smallest absolute Gasteiger partial charge is 0.255 e. The summed E-state index contributed by atoms with van der Waals surface area (Å²) in [6.45, 7) is 1.45. The number of hydrazone groups is 1. The van der Waals surface area contributed by atoms with Crippen molar-refractivity contribution in [2.24, 2.45) is 5.10 Å². The lowest BCUT2D eigenvalue weighted by molar-refractivity contribution is -0.118. The average Bonchev–Trinajstić information content (AvgIpc) is 2.60. The summed E-state index contributed by atoms with van der Waals surface area (Å²) in [5, 5.41) is 3.68. The van der Waals surface area contributed by atoms with Crippen molar-refractivity contribution in [3.63, 3.8) is 0 Å². The van der Waals surface area contributed by atoms with Gasteiger partial charge in [0.15, 0.2) is 9.84 Å². The minimum Gasteiger partial charge on any atom is -0.287 e. The van der Waals surface area contributed by atoms with E-state index in [1.165, 1.54) is 19.1 Å². The maximum absolute atomic E-state index is 12.1. The molecule has 124 valence electrons. The summed E-state index contributed by atoms with van der Waals surface area (Å²) in [6.07, 6.45) is 0. The Morgan fingerprint density at radius 2 is 1.50 bits per heavy atom. The molecule has 0 spiro atoms. The van der Waals surface area contributed by atoms with Crippen LogP contribution in [0.5, 0.6) is 0 Å². The van der Waals surface area contributed by atoms with Gasteiger partial charge in [-0.3, -0.25) is 9.59 Å². The first-order valence-corrected chi connectivity index (χ1v) is 8.76. The largest absolute Gasteiger partial charge is 0.287 e. The Morgan fingerprint density at radius 3 is 2.08 bits per heavy atom. The summed E-state index contributed by atoms with van der Waals surface area (Å²) in [6, 6.07) is 16.1. The van der Waals surface area contributed by atoms with Gasteiger partial charge < -0.3 is 0 Å². The van der Waals surface area contributed by atoms with Gasteiger partial charge in [0, 0.05) is 5.56 Å². The van der Waals surface area contributed by atoms with Crippen LogP contribution in [0.15, 0.2) is 70.7 Å². The van der Waals surface area contributed by atoms with Crippen LogP contribution >= 0.6 is 0 Å². The number of Topliss-reactive ketones (excluding diaryl/α,β-unsaturated/α-hetero) is 1. The Labute approximate surface area is 140 Å². The van der Waals surface area contributed by atoms with Crippen molar-refractivity contribution in [1.29, 1.82) is 0 Å². The van der Waals surface area contributed by atoms with E-state index in [0.717, 1.165) is 0 Å². The van der Waals surface area contributed by atoms with Gasteiger partial charge in [-0.25, -0.2) is 13.8 Å². The molecule has 0 aliphatic rings. The molecule has 0 bridgehead atoms. The van der Waals surface area contributed by atoms with E-state index < -0.39 is 21.5 Å². The first-order chi connectivity index (χ1) is 11.4. The fraction of sp³-hybridized carbons (Fsp3) is 0.118. The molecule has 1 N–H and O–H groups in total. The molecule has 0 radical (unpaired) electrons. The summed E-state index contributed by atoms with van der Waals surface area (Å²) in [4.78, 5) is 23.9. The molecule has 7 heteroatoms. The zero-order valence-corrected chi connectivity index (χ0v) is 13.8. The Kier molecular flexibility index (Phi) is 5.59. The van der Waals surface area contributed by atoms with Gasteiger partial charge in [-0.05, 0) is 19.1 Å². The van der Waals surface area contributed by atoms with Crippen molar-refractivity contribution in [3.05, 3.63) is 66.2 Å². The third-order valence-electron chi connectivity index (χ3n) is 3.14. The summed E-state index contributed by atoms with van der Waals surface area (Å²) in [7, 11) is -3.75. The van der Waals surface area contributed by atoms with Crippen molar-refractivity contribution in [2.75, 3.05) is 5.75 Å². The molecular formula is C17H16N2O4S. The number of ketones is 1. The standard InChI is InChI=1S/C17H16N2O4S/c1-13(17(21)14-8-4-2-5-9-14)18-19-16(20)12-24(22,23)15-10-6-3-7-11-15/h2-11H,12H2,1H3,(H,19,20)/b18-13+. The van der Waals surface area contributed by atoms with E-state index in [4.69, 9.17) is 0 Å². The van der Waals surface area contributed by atoms with E-state index in [1.54, 1.807) is 48.5 Å². The Bertz CT molecular complexity index is 860. The molecule has 0 unspecified atom stereocenters. The lowest BCUT2D eigenvalue weighted by Crippen LogP contribution is -2.28. The van der Waals surface area contributed by atoms with E-state index in [2.05, 4.69) is 10.5 Å². The molecule has 2 aromatic rings. The van der Waals surface area contributed by atoms with Crippen LogP contribution in [0.2, 0.25) is 0 Å². The molecule has 6 nitrogen and oxygen atoms in total. The normalized spacial score (nSPS) is 11.8.